The molecule has 0 heterocycles. The van der Waals surface area contributed by atoms with Crippen LogP contribution in [-0.4, -0.2) is 32.3 Å². The third-order valence-corrected chi connectivity index (χ3v) is 4.96. The number of ether oxygens (including phenoxy) is 1. The summed E-state index contributed by atoms with van der Waals surface area (Å²) >= 11 is 0. The van der Waals surface area contributed by atoms with E-state index in [9.17, 15) is 0 Å². The first-order valence-electron chi connectivity index (χ1n) is 7.73. The van der Waals surface area contributed by atoms with Gasteiger partial charge >= 0.3 is 0 Å². The lowest BCUT2D eigenvalue weighted by molar-refractivity contribution is 0.00770. The zero-order valence-corrected chi connectivity index (χ0v) is 13.1. The summed E-state index contributed by atoms with van der Waals surface area (Å²) < 4.78 is 5.76. The van der Waals surface area contributed by atoms with Gasteiger partial charge in [-0.15, -0.1) is 0 Å². The molecular formula is C17H28N2O. The highest BCUT2D eigenvalue weighted by atomic mass is 16.5. The highest BCUT2D eigenvalue weighted by Gasteiger charge is 2.43. The highest BCUT2D eigenvalue weighted by molar-refractivity contribution is 5.50. The molecule has 1 aliphatic rings. The first-order chi connectivity index (χ1) is 9.67. The third kappa shape index (κ3) is 2.70. The normalized spacial score (nSPS) is 26.5. The van der Waals surface area contributed by atoms with Crippen molar-refractivity contribution in [3.63, 3.8) is 0 Å². The molecule has 1 aromatic carbocycles. The van der Waals surface area contributed by atoms with Gasteiger partial charge in [-0.2, -0.15) is 0 Å². The van der Waals surface area contributed by atoms with Crippen molar-refractivity contribution in [3.05, 3.63) is 29.8 Å². The maximum absolute atomic E-state index is 6.18. The van der Waals surface area contributed by atoms with Gasteiger partial charge in [-0.1, -0.05) is 31.9 Å². The standard InChI is InChI=1S/C17H28N2O/c1-4-14-8-10-15(11-9-14)19(2)17(13-18)12-6-5-7-16(17)20-3/h8-11,16H,4-7,12-13,18H2,1-3H3. The molecule has 20 heavy (non-hydrogen) atoms. The fraction of sp³-hybridized carbons (Fsp3) is 0.647. The summed E-state index contributed by atoms with van der Waals surface area (Å²) in [5, 5.41) is 0. The van der Waals surface area contributed by atoms with Crippen LogP contribution in [-0.2, 0) is 11.2 Å². The van der Waals surface area contributed by atoms with Gasteiger partial charge < -0.3 is 15.4 Å². The Morgan fingerprint density at radius 1 is 1.30 bits per heavy atom. The van der Waals surface area contributed by atoms with Gasteiger partial charge in [0.25, 0.3) is 0 Å². The molecule has 0 aromatic heterocycles. The molecule has 1 saturated carbocycles. The first-order valence-corrected chi connectivity index (χ1v) is 7.73. The topological polar surface area (TPSA) is 38.5 Å². The minimum atomic E-state index is -0.0687. The number of anilines is 1. The number of hydrogen-bond donors (Lipinski definition) is 1. The second-order valence-corrected chi connectivity index (χ2v) is 5.86. The smallest absolute Gasteiger partial charge is 0.0815 e. The number of hydrogen-bond acceptors (Lipinski definition) is 3. The SMILES string of the molecule is CCc1ccc(N(C)C2(CN)CCCCC2OC)cc1. The molecule has 112 valence electrons. The van der Waals surface area contributed by atoms with Crippen molar-refractivity contribution in [2.75, 3.05) is 25.6 Å². The Bertz CT molecular complexity index is 418. The molecule has 2 N–H and O–H groups in total. The summed E-state index contributed by atoms with van der Waals surface area (Å²) in [6.45, 7) is 2.82. The number of methoxy groups -OCH3 is 1. The van der Waals surface area contributed by atoms with E-state index in [-0.39, 0.29) is 11.6 Å². The van der Waals surface area contributed by atoms with Gasteiger partial charge in [-0.3, -0.25) is 0 Å². The Labute approximate surface area is 123 Å². The summed E-state index contributed by atoms with van der Waals surface area (Å²) in [5.41, 5.74) is 8.71. The molecule has 2 rings (SSSR count). The predicted molar refractivity (Wildman–Crippen MR) is 85.3 cm³/mol. The van der Waals surface area contributed by atoms with Crippen molar-refractivity contribution in [1.29, 1.82) is 0 Å². The number of aryl methyl sites for hydroxylation is 1. The molecule has 0 spiro atoms. The van der Waals surface area contributed by atoms with Gasteiger partial charge in [0.05, 0.1) is 11.6 Å². The Kier molecular flexibility index (Phi) is 5.06. The number of likely N-dealkylation sites (N-methyl/N-ethyl adjacent to an activating group) is 1. The Hall–Kier alpha value is -1.06. The summed E-state index contributed by atoms with van der Waals surface area (Å²) in [4.78, 5) is 2.35. The van der Waals surface area contributed by atoms with Crippen LogP contribution in [0.1, 0.15) is 38.2 Å². The van der Waals surface area contributed by atoms with Gasteiger partial charge in [0.1, 0.15) is 0 Å². The third-order valence-electron chi connectivity index (χ3n) is 4.96. The van der Waals surface area contributed by atoms with E-state index in [1.54, 1.807) is 0 Å². The molecule has 3 heteroatoms. The zero-order valence-electron chi connectivity index (χ0n) is 13.1. The van der Waals surface area contributed by atoms with Crippen LogP contribution in [0.5, 0.6) is 0 Å². The van der Waals surface area contributed by atoms with Gasteiger partial charge in [-0.25, -0.2) is 0 Å². The average Bonchev–Trinajstić information content (AvgIpc) is 2.54. The Morgan fingerprint density at radius 2 is 2.00 bits per heavy atom. The molecule has 3 nitrogen and oxygen atoms in total. The molecule has 1 fully saturated rings. The zero-order chi connectivity index (χ0) is 14.6. The molecule has 0 saturated heterocycles. The second-order valence-electron chi connectivity index (χ2n) is 5.86. The number of nitrogens with zero attached hydrogens (tertiary/aromatic N) is 1. The van der Waals surface area contributed by atoms with Gasteiger partial charge in [-0.05, 0) is 37.0 Å². The molecule has 0 aliphatic heterocycles. The Morgan fingerprint density at radius 3 is 2.55 bits per heavy atom. The molecule has 0 amide bonds. The average molecular weight is 276 g/mol. The van der Waals surface area contributed by atoms with Crippen molar-refractivity contribution >= 4 is 5.69 Å². The van der Waals surface area contributed by atoms with Crippen LogP contribution in [0.4, 0.5) is 5.69 Å². The van der Waals surface area contributed by atoms with Crippen LogP contribution in [0.25, 0.3) is 0 Å². The monoisotopic (exact) mass is 276 g/mol. The molecule has 0 radical (unpaired) electrons. The van der Waals surface area contributed by atoms with Gasteiger partial charge in [0.15, 0.2) is 0 Å². The predicted octanol–water partition coefficient (Wildman–Crippen LogP) is 2.97. The van der Waals surface area contributed by atoms with E-state index in [4.69, 9.17) is 10.5 Å². The fourth-order valence-corrected chi connectivity index (χ4v) is 3.49. The van der Waals surface area contributed by atoms with Gasteiger partial charge in [0, 0.05) is 26.4 Å². The van der Waals surface area contributed by atoms with E-state index in [2.05, 4.69) is 43.1 Å². The Balaban J connectivity index is 2.28. The molecule has 2 unspecified atom stereocenters. The molecule has 1 aliphatic carbocycles. The van der Waals surface area contributed by atoms with Crippen molar-refractivity contribution in [1.82, 2.24) is 0 Å². The van der Waals surface area contributed by atoms with E-state index < -0.39 is 0 Å². The molecule has 1 aromatic rings. The number of nitrogens with two attached hydrogens (primary N) is 1. The van der Waals surface area contributed by atoms with E-state index in [1.807, 2.05) is 7.11 Å². The minimum Gasteiger partial charge on any atom is -0.379 e. The second kappa shape index (κ2) is 6.59. The summed E-state index contributed by atoms with van der Waals surface area (Å²) in [5.74, 6) is 0. The highest BCUT2D eigenvalue weighted by Crippen LogP contribution is 2.37. The van der Waals surface area contributed by atoms with Crippen molar-refractivity contribution in [2.45, 2.75) is 50.7 Å². The van der Waals surface area contributed by atoms with E-state index in [0.29, 0.717) is 6.54 Å². The van der Waals surface area contributed by atoms with Crippen molar-refractivity contribution in [2.24, 2.45) is 5.73 Å². The maximum Gasteiger partial charge on any atom is 0.0815 e. The molecular weight excluding hydrogens is 248 g/mol. The largest absolute Gasteiger partial charge is 0.379 e. The quantitative estimate of drug-likeness (QED) is 0.898. The van der Waals surface area contributed by atoms with Crippen LogP contribution in [0.2, 0.25) is 0 Å². The van der Waals surface area contributed by atoms with Gasteiger partial charge in [0.2, 0.25) is 0 Å². The maximum atomic E-state index is 6.18. The lowest BCUT2D eigenvalue weighted by Gasteiger charge is -2.49. The van der Waals surface area contributed by atoms with E-state index in [1.165, 1.54) is 24.1 Å². The van der Waals surface area contributed by atoms with Crippen LogP contribution in [0.15, 0.2) is 24.3 Å². The fourth-order valence-electron chi connectivity index (χ4n) is 3.49. The van der Waals surface area contributed by atoms with E-state index in [0.717, 1.165) is 19.3 Å². The lowest BCUT2D eigenvalue weighted by Crippen LogP contribution is -2.62. The molecule has 0 bridgehead atoms. The minimum absolute atomic E-state index is 0.0687. The number of benzene rings is 1. The first kappa shape index (κ1) is 15.3. The molecule has 2 atom stereocenters. The summed E-state index contributed by atoms with van der Waals surface area (Å²) in [6.07, 6.45) is 5.97. The number of rotatable bonds is 5. The lowest BCUT2D eigenvalue weighted by atomic mass is 9.77. The summed E-state index contributed by atoms with van der Waals surface area (Å²) in [7, 11) is 3.97. The van der Waals surface area contributed by atoms with Crippen LogP contribution in [0.3, 0.4) is 0 Å². The van der Waals surface area contributed by atoms with Crippen LogP contribution in [0, 0.1) is 0 Å². The van der Waals surface area contributed by atoms with E-state index >= 15 is 0 Å². The van der Waals surface area contributed by atoms with Crippen molar-refractivity contribution < 1.29 is 4.74 Å². The van der Waals surface area contributed by atoms with Crippen LogP contribution >= 0.6 is 0 Å². The summed E-state index contributed by atoms with van der Waals surface area (Å²) in [6, 6.07) is 8.83. The van der Waals surface area contributed by atoms with Crippen LogP contribution < -0.4 is 10.6 Å². The van der Waals surface area contributed by atoms with Crippen molar-refractivity contribution in [3.8, 4) is 0 Å².